The van der Waals surface area contributed by atoms with Crippen molar-refractivity contribution >= 4 is 11.5 Å². The van der Waals surface area contributed by atoms with Gasteiger partial charge >= 0.3 is 0 Å². The van der Waals surface area contributed by atoms with Crippen LogP contribution in [-0.4, -0.2) is 49.6 Å². The van der Waals surface area contributed by atoms with Gasteiger partial charge in [-0.3, -0.25) is 0 Å². The summed E-state index contributed by atoms with van der Waals surface area (Å²) in [5, 5.41) is 11.2. The van der Waals surface area contributed by atoms with Gasteiger partial charge in [-0.1, -0.05) is 0 Å². The average molecular weight is 237 g/mol. The number of nitrogens with one attached hydrogen (secondary N) is 1. The summed E-state index contributed by atoms with van der Waals surface area (Å²) >= 11 is 0. The third-order valence-electron chi connectivity index (χ3n) is 2.84. The predicted octanol–water partition coefficient (Wildman–Crippen LogP) is 0.0723. The van der Waals surface area contributed by atoms with Gasteiger partial charge in [-0.15, -0.1) is 5.10 Å². The summed E-state index contributed by atoms with van der Waals surface area (Å²) in [5.74, 6) is 0.778. The van der Waals surface area contributed by atoms with Gasteiger partial charge < -0.3 is 20.7 Å². The first kappa shape index (κ1) is 12.1. The molecule has 0 aromatic carbocycles. The number of nitrogens with zero attached hydrogens (tertiary/aromatic N) is 3. The first-order chi connectivity index (χ1) is 8.29. The van der Waals surface area contributed by atoms with Crippen molar-refractivity contribution in [3.8, 4) is 0 Å². The lowest BCUT2D eigenvalue weighted by Crippen LogP contribution is -2.26. The van der Waals surface area contributed by atoms with E-state index in [0.29, 0.717) is 6.61 Å². The molecular weight excluding hydrogens is 218 g/mol. The smallest absolute Gasteiger partial charge is 0.150 e. The van der Waals surface area contributed by atoms with E-state index in [1.165, 1.54) is 0 Å². The molecule has 94 valence electrons. The molecule has 0 aliphatic carbocycles. The maximum atomic E-state index is 5.89. The molecule has 1 aliphatic heterocycles. The zero-order chi connectivity index (χ0) is 12.1. The molecule has 2 heterocycles. The highest BCUT2D eigenvalue weighted by molar-refractivity contribution is 5.52. The van der Waals surface area contributed by atoms with Gasteiger partial charge in [-0.2, -0.15) is 5.10 Å². The molecule has 1 atom stereocenters. The van der Waals surface area contributed by atoms with E-state index in [-0.39, 0.29) is 6.04 Å². The number of ether oxygens (including phenoxy) is 1. The van der Waals surface area contributed by atoms with Crippen LogP contribution in [0.1, 0.15) is 6.42 Å². The van der Waals surface area contributed by atoms with E-state index < -0.39 is 0 Å². The molecule has 1 saturated heterocycles. The lowest BCUT2D eigenvalue weighted by Gasteiger charge is -2.17. The standard InChI is InChI=1S/C11H19N5O/c1-17-5-3-13-11-6-10(7-14-15-11)16-4-2-9(12)8-16/h6-7,9H,2-5,8,12H2,1H3,(H,13,15)/t9-/m1/s1. The van der Waals surface area contributed by atoms with Gasteiger partial charge in [0.15, 0.2) is 5.82 Å². The van der Waals surface area contributed by atoms with Crippen molar-refractivity contribution in [3.63, 3.8) is 0 Å². The summed E-state index contributed by atoms with van der Waals surface area (Å²) in [7, 11) is 1.68. The van der Waals surface area contributed by atoms with Crippen LogP contribution in [0.4, 0.5) is 11.5 Å². The molecule has 1 aromatic heterocycles. The van der Waals surface area contributed by atoms with E-state index in [2.05, 4.69) is 20.4 Å². The molecule has 0 radical (unpaired) electrons. The van der Waals surface area contributed by atoms with Crippen molar-refractivity contribution in [1.29, 1.82) is 0 Å². The zero-order valence-electron chi connectivity index (χ0n) is 10.1. The van der Waals surface area contributed by atoms with Crippen molar-refractivity contribution in [2.45, 2.75) is 12.5 Å². The van der Waals surface area contributed by atoms with Crippen LogP contribution >= 0.6 is 0 Å². The van der Waals surface area contributed by atoms with Gasteiger partial charge in [0, 0.05) is 38.9 Å². The van der Waals surface area contributed by atoms with E-state index in [9.17, 15) is 0 Å². The molecule has 0 unspecified atom stereocenters. The summed E-state index contributed by atoms with van der Waals surface area (Å²) < 4.78 is 4.97. The molecular formula is C11H19N5O. The van der Waals surface area contributed by atoms with Gasteiger partial charge in [0.05, 0.1) is 18.5 Å². The Morgan fingerprint density at radius 3 is 3.24 bits per heavy atom. The number of hydrogen-bond donors (Lipinski definition) is 2. The number of anilines is 2. The maximum Gasteiger partial charge on any atom is 0.150 e. The summed E-state index contributed by atoms with van der Waals surface area (Å²) in [4.78, 5) is 2.24. The van der Waals surface area contributed by atoms with Crippen LogP contribution in [0, 0.1) is 0 Å². The van der Waals surface area contributed by atoms with Crippen molar-refractivity contribution < 1.29 is 4.74 Å². The Labute approximate surface area is 101 Å². The minimum atomic E-state index is 0.271. The van der Waals surface area contributed by atoms with Gasteiger partial charge in [-0.05, 0) is 6.42 Å². The molecule has 1 aromatic rings. The number of hydrogen-bond acceptors (Lipinski definition) is 6. The SMILES string of the molecule is COCCNc1cc(N2CC[C@@H](N)C2)cnn1. The summed E-state index contributed by atoms with van der Waals surface area (Å²) in [6.45, 7) is 3.27. The van der Waals surface area contributed by atoms with Crippen LogP contribution in [0.15, 0.2) is 12.3 Å². The molecule has 17 heavy (non-hydrogen) atoms. The lowest BCUT2D eigenvalue weighted by molar-refractivity contribution is 0.210. The largest absolute Gasteiger partial charge is 0.383 e. The molecule has 0 bridgehead atoms. The van der Waals surface area contributed by atoms with E-state index in [4.69, 9.17) is 10.5 Å². The highest BCUT2D eigenvalue weighted by Crippen LogP contribution is 2.20. The minimum absolute atomic E-state index is 0.271. The normalized spacial score (nSPS) is 19.6. The first-order valence-electron chi connectivity index (χ1n) is 5.85. The summed E-state index contributed by atoms with van der Waals surface area (Å²) in [6, 6.07) is 2.27. The van der Waals surface area contributed by atoms with Crippen LogP contribution in [0.2, 0.25) is 0 Å². The van der Waals surface area contributed by atoms with Crippen LogP contribution in [0.5, 0.6) is 0 Å². The predicted molar refractivity (Wildman–Crippen MR) is 67.2 cm³/mol. The lowest BCUT2D eigenvalue weighted by atomic mass is 10.3. The highest BCUT2D eigenvalue weighted by atomic mass is 16.5. The minimum Gasteiger partial charge on any atom is -0.383 e. The zero-order valence-corrected chi connectivity index (χ0v) is 10.1. The Bertz CT molecular complexity index is 359. The monoisotopic (exact) mass is 237 g/mol. The van der Waals surface area contributed by atoms with Crippen molar-refractivity contribution in [3.05, 3.63) is 12.3 Å². The topological polar surface area (TPSA) is 76.3 Å². The van der Waals surface area contributed by atoms with Crippen LogP contribution in [0.25, 0.3) is 0 Å². The molecule has 2 rings (SSSR count). The van der Waals surface area contributed by atoms with Crippen LogP contribution < -0.4 is 16.0 Å². The molecule has 0 spiro atoms. The summed E-state index contributed by atoms with van der Waals surface area (Å²) in [6.07, 6.45) is 2.81. The Kier molecular flexibility index (Phi) is 4.11. The average Bonchev–Trinajstić information content (AvgIpc) is 2.77. The number of nitrogens with two attached hydrogens (primary N) is 1. The number of aromatic nitrogens is 2. The molecule has 1 fully saturated rings. The highest BCUT2D eigenvalue weighted by Gasteiger charge is 2.19. The van der Waals surface area contributed by atoms with Gasteiger partial charge in [0.2, 0.25) is 0 Å². The maximum absolute atomic E-state index is 5.89. The fourth-order valence-electron chi connectivity index (χ4n) is 1.92. The molecule has 6 nitrogen and oxygen atoms in total. The second-order valence-corrected chi connectivity index (χ2v) is 4.21. The molecule has 6 heteroatoms. The third-order valence-corrected chi connectivity index (χ3v) is 2.84. The summed E-state index contributed by atoms with van der Waals surface area (Å²) in [5.41, 5.74) is 6.97. The van der Waals surface area contributed by atoms with Crippen molar-refractivity contribution in [2.75, 3.05) is 43.6 Å². The Balaban J connectivity index is 1.96. The Morgan fingerprint density at radius 1 is 1.65 bits per heavy atom. The Morgan fingerprint density at radius 2 is 2.53 bits per heavy atom. The fourth-order valence-corrected chi connectivity index (χ4v) is 1.92. The molecule has 1 aliphatic rings. The van der Waals surface area contributed by atoms with Crippen molar-refractivity contribution in [1.82, 2.24) is 10.2 Å². The second-order valence-electron chi connectivity index (χ2n) is 4.21. The molecule has 3 N–H and O–H groups in total. The van der Waals surface area contributed by atoms with Crippen LogP contribution in [0.3, 0.4) is 0 Å². The van der Waals surface area contributed by atoms with Gasteiger partial charge in [0.25, 0.3) is 0 Å². The number of methoxy groups -OCH3 is 1. The molecule has 0 saturated carbocycles. The fraction of sp³-hybridized carbons (Fsp3) is 0.636. The quantitative estimate of drug-likeness (QED) is 0.706. The van der Waals surface area contributed by atoms with E-state index >= 15 is 0 Å². The molecule has 0 amide bonds. The van der Waals surface area contributed by atoms with E-state index in [0.717, 1.165) is 37.6 Å². The Hall–Kier alpha value is -1.40. The van der Waals surface area contributed by atoms with Gasteiger partial charge in [-0.25, -0.2) is 0 Å². The third kappa shape index (κ3) is 3.28. The van der Waals surface area contributed by atoms with Crippen molar-refractivity contribution in [2.24, 2.45) is 5.73 Å². The first-order valence-corrected chi connectivity index (χ1v) is 5.85. The number of rotatable bonds is 5. The second kappa shape index (κ2) is 5.79. The van der Waals surface area contributed by atoms with E-state index in [1.54, 1.807) is 13.3 Å². The van der Waals surface area contributed by atoms with Crippen LogP contribution in [-0.2, 0) is 4.74 Å². The van der Waals surface area contributed by atoms with Gasteiger partial charge in [0.1, 0.15) is 0 Å². The van der Waals surface area contributed by atoms with E-state index in [1.807, 2.05) is 6.07 Å².